The molecule has 0 saturated heterocycles. The molecule has 3 rings (SSSR count). The molecule has 0 fully saturated rings. The Morgan fingerprint density at radius 3 is 2.50 bits per heavy atom. The number of hydrogen-bond acceptors (Lipinski definition) is 1. The van der Waals surface area contributed by atoms with Crippen LogP contribution in [0.4, 0.5) is 5.69 Å². The van der Waals surface area contributed by atoms with E-state index in [0.29, 0.717) is 0 Å². The topological polar surface area (TPSA) is 20.3 Å². The van der Waals surface area contributed by atoms with Gasteiger partial charge in [0, 0.05) is 10.6 Å². The van der Waals surface area contributed by atoms with E-state index in [4.69, 9.17) is 0 Å². The van der Waals surface area contributed by atoms with E-state index in [1.54, 1.807) is 4.90 Å². The van der Waals surface area contributed by atoms with Crippen molar-refractivity contribution in [3.63, 3.8) is 0 Å². The second-order valence-corrected chi connectivity index (χ2v) is 6.66. The number of fused-ring (bicyclic) bond motifs is 1. The normalized spacial score (nSPS) is 21.1. The van der Waals surface area contributed by atoms with E-state index < -0.39 is 5.41 Å². The van der Waals surface area contributed by atoms with Crippen molar-refractivity contribution in [3.8, 4) is 0 Å². The van der Waals surface area contributed by atoms with Crippen molar-refractivity contribution in [1.29, 1.82) is 0 Å². The number of carbonyl (C=O) groups excluding carboxylic acids is 1. The van der Waals surface area contributed by atoms with Crippen molar-refractivity contribution >= 4 is 34.2 Å². The Labute approximate surface area is 132 Å². The average Bonchev–Trinajstić information content (AvgIpc) is 2.63. The fraction of sp³-hybridized carbons (Fsp3) is 0.235. The summed E-state index contributed by atoms with van der Waals surface area (Å²) in [4.78, 5) is 14.6. The number of carbonyl (C=O) groups is 1. The Hall–Kier alpha value is -1.36. The molecule has 1 unspecified atom stereocenters. The van der Waals surface area contributed by atoms with Crippen molar-refractivity contribution in [3.05, 3.63) is 63.2 Å². The Kier molecular flexibility index (Phi) is 3.32. The molecule has 0 aromatic heterocycles. The van der Waals surface area contributed by atoms with Crippen LogP contribution in [0, 0.1) is 3.57 Å². The minimum atomic E-state index is -0.466. The summed E-state index contributed by atoms with van der Waals surface area (Å²) in [5, 5.41) is 0. The minimum absolute atomic E-state index is 0.181. The van der Waals surface area contributed by atoms with Crippen molar-refractivity contribution in [2.24, 2.45) is 0 Å². The first-order valence-electron chi connectivity index (χ1n) is 6.65. The van der Waals surface area contributed by atoms with Gasteiger partial charge in [-0.2, -0.15) is 0 Å². The molecule has 1 aliphatic rings. The minimum Gasteiger partial charge on any atom is -0.313 e. The van der Waals surface area contributed by atoms with Gasteiger partial charge in [-0.3, -0.25) is 4.79 Å². The molecule has 1 aliphatic heterocycles. The van der Waals surface area contributed by atoms with Crippen molar-refractivity contribution in [2.45, 2.75) is 18.8 Å². The summed E-state index contributed by atoms with van der Waals surface area (Å²) in [6.45, 7) is 2.06. The fourth-order valence-corrected chi connectivity index (χ4v) is 3.92. The van der Waals surface area contributed by atoms with Gasteiger partial charge in [0.25, 0.3) is 0 Å². The first-order chi connectivity index (χ1) is 9.54. The summed E-state index contributed by atoms with van der Waals surface area (Å²) in [6, 6.07) is 16.4. The third-order valence-corrected chi connectivity index (χ3v) is 4.96. The molecule has 2 aromatic carbocycles. The first kappa shape index (κ1) is 13.6. The molecular formula is C17H16INO. The summed E-state index contributed by atoms with van der Waals surface area (Å²) in [6.07, 6.45) is 0.740. The van der Waals surface area contributed by atoms with Crippen LogP contribution in [-0.2, 0) is 16.6 Å². The van der Waals surface area contributed by atoms with Crippen molar-refractivity contribution < 1.29 is 4.79 Å². The fourth-order valence-electron chi connectivity index (χ4n) is 3.06. The van der Waals surface area contributed by atoms with E-state index in [1.807, 2.05) is 31.3 Å². The molecule has 0 aliphatic carbocycles. The van der Waals surface area contributed by atoms with Gasteiger partial charge >= 0.3 is 0 Å². The summed E-state index contributed by atoms with van der Waals surface area (Å²) in [5.41, 5.74) is 2.94. The van der Waals surface area contributed by atoms with Crippen LogP contribution < -0.4 is 4.90 Å². The quantitative estimate of drug-likeness (QED) is 0.730. The van der Waals surface area contributed by atoms with Crippen LogP contribution in [0.1, 0.15) is 18.1 Å². The first-order valence-corrected chi connectivity index (χ1v) is 7.73. The molecule has 1 atom stereocenters. The smallest absolute Gasteiger partial charge is 0.237 e. The van der Waals surface area contributed by atoms with Gasteiger partial charge in [0.2, 0.25) is 5.91 Å². The highest BCUT2D eigenvalue weighted by Crippen LogP contribution is 2.45. The molecule has 2 aromatic rings. The number of para-hydroxylation sites is 1. The van der Waals surface area contributed by atoms with Gasteiger partial charge in [-0.05, 0) is 53.1 Å². The Bertz CT molecular complexity index is 668. The maximum atomic E-state index is 12.8. The lowest BCUT2D eigenvalue weighted by atomic mass is 9.78. The predicted molar refractivity (Wildman–Crippen MR) is 90.1 cm³/mol. The summed E-state index contributed by atoms with van der Waals surface area (Å²) >= 11 is 2.31. The molecule has 0 bridgehead atoms. The SMILES string of the molecule is CN1C(=O)C(C)(Cc2ccccc2)c2cccc(I)c21. The van der Waals surface area contributed by atoms with Crippen LogP contribution >= 0.6 is 22.6 Å². The standard InChI is InChI=1S/C17H16INO/c1-17(11-12-7-4-3-5-8-12)13-9-6-10-14(18)15(13)19(2)16(17)20/h3-10H,11H2,1-2H3. The maximum absolute atomic E-state index is 12.8. The summed E-state index contributed by atoms with van der Waals surface area (Å²) < 4.78 is 1.13. The van der Waals surface area contributed by atoms with Crippen molar-refractivity contribution in [2.75, 3.05) is 11.9 Å². The molecule has 0 saturated carbocycles. The monoisotopic (exact) mass is 377 g/mol. The lowest BCUT2D eigenvalue weighted by Crippen LogP contribution is -2.37. The molecule has 0 radical (unpaired) electrons. The van der Waals surface area contributed by atoms with Gasteiger partial charge in [-0.25, -0.2) is 0 Å². The largest absolute Gasteiger partial charge is 0.313 e. The van der Waals surface area contributed by atoms with Crippen LogP contribution in [0.15, 0.2) is 48.5 Å². The van der Waals surface area contributed by atoms with E-state index in [9.17, 15) is 4.79 Å². The van der Waals surface area contributed by atoms with Crippen LogP contribution in [-0.4, -0.2) is 13.0 Å². The van der Waals surface area contributed by atoms with Gasteiger partial charge < -0.3 is 4.90 Å². The Balaban J connectivity index is 2.10. The van der Waals surface area contributed by atoms with E-state index in [-0.39, 0.29) is 5.91 Å². The van der Waals surface area contributed by atoms with Gasteiger partial charge in [0.15, 0.2) is 0 Å². The number of amides is 1. The summed E-state index contributed by atoms with van der Waals surface area (Å²) in [5.74, 6) is 0.181. The van der Waals surface area contributed by atoms with Gasteiger partial charge in [-0.1, -0.05) is 42.5 Å². The van der Waals surface area contributed by atoms with Crippen LogP contribution in [0.2, 0.25) is 0 Å². The van der Waals surface area contributed by atoms with Gasteiger partial charge in [0.05, 0.1) is 11.1 Å². The molecule has 2 nitrogen and oxygen atoms in total. The molecule has 0 N–H and O–H groups in total. The third kappa shape index (κ3) is 1.95. The number of likely N-dealkylation sites (N-methyl/N-ethyl adjacent to an activating group) is 1. The molecule has 1 amide bonds. The highest BCUT2D eigenvalue weighted by atomic mass is 127. The third-order valence-electron chi connectivity index (χ3n) is 4.09. The van der Waals surface area contributed by atoms with E-state index in [0.717, 1.165) is 21.2 Å². The average molecular weight is 377 g/mol. The number of halogens is 1. The van der Waals surface area contributed by atoms with E-state index in [2.05, 4.69) is 53.8 Å². The molecule has 3 heteroatoms. The molecular weight excluding hydrogens is 361 g/mol. The highest BCUT2D eigenvalue weighted by molar-refractivity contribution is 14.1. The molecule has 102 valence electrons. The molecule has 1 heterocycles. The zero-order chi connectivity index (χ0) is 14.3. The second kappa shape index (κ2) is 4.88. The zero-order valence-electron chi connectivity index (χ0n) is 11.6. The Morgan fingerprint density at radius 2 is 1.80 bits per heavy atom. The number of hydrogen-bond donors (Lipinski definition) is 0. The van der Waals surface area contributed by atoms with Gasteiger partial charge in [0.1, 0.15) is 0 Å². The summed E-state index contributed by atoms with van der Waals surface area (Å²) in [7, 11) is 1.87. The van der Waals surface area contributed by atoms with Crippen LogP contribution in [0.3, 0.4) is 0 Å². The lowest BCUT2D eigenvalue weighted by molar-refractivity contribution is -0.122. The number of anilines is 1. The number of benzene rings is 2. The molecule has 0 spiro atoms. The second-order valence-electron chi connectivity index (χ2n) is 5.49. The van der Waals surface area contributed by atoms with Gasteiger partial charge in [-0.15, -0.1) is 0 Å². The number of nitrogens with zero attached hydrogens (tertiary/aromatic N) is 1. The van der Waals surface area contributed by atoms with Crippen molar-refractivity contribution in [1.82, 2.24) is 0 Å². The zero-order valence-corrected chi connectivity index (χ0v) is 13.7. The molecule has 20 heavy (non-hydrogen) atoms. The maximum Gasteiger partial charge on any atom is 0.237 e. The van der Waals surface area contributed by atoms with E-state index in [1.165, 1.54) is 5.56 Å². The predicted octanol–water partition coefficient (Wildman–Crippen LogP) is 3.77. The van der Waals surface area contributed by atoms with E-state index >= 15 is 0 Å². The van der Waals surface area contributed by atoms with Crippen LogP contribution in [0.5, 0.6) is 0 Å². The number of rotatable bonds is 2. The highest BCUT2D eigenvalue weighted by Gasteiger charge is 2.46. The lowest BCUT2D eigenvalue weighted by Gasteiger charge is -2.23. The van der Waals surface area contributed by atoms with Crippen LogP contribution in [0.25, 0.3) is 0 Å². The Morgan fingerprint density at radius 1 is 1.10 bits per heavy atom.